The van der Waals surface area contributed by atoms with E-state index in [0.29, 0.717) is 16.7 Å². The molecule has 1 heterocycles. The number of nitrogens with zero attached hydrogens (tertiary/aromatic N) is 2. The first-order chi connectivity index (χ1) is 9.92. The van der Waals surface area contributed by atoms with E-state index in [1.807, 2.05) is 0 Å². The second kappa shape index (κ2) is 6.44. The van der Waals surface area contributed by atoms with Crippen LogP contribution in [0, 0.1) is 0 Å². The topological polar surface area (TPSA) is 44.1 Å². The zero-order valence-corrected chi connectivity index (χ0v) is 11.6. The molecule has 0 radical (unpaired) electrons. The number of ether oxygens (including phenoxy) is 1. The van der Waals surface area contributed by atoms with Crippen molar-refractivity contribution in [2.24, 2.45) is 0 Å². The van der Waals surface area contributed by atoms with E-state index in [-0.39, 0.29) is 24.6 Å². The molecule has 0 bridgehead atoms. The van der Waals surface area contributed by atoms with Crippen LogP contribution in [0.2, 0.25) is 0 Å². The molecule has 0 saturated heterocycles. The predicted octanol–water partition coefficient (Wildman–Crippen LogP) is 2.71. The maximum atomic E-state index is 12.3. The molecule has 114 valence electrons. The SMILES string of the molecule is O=c1c2ccccc2nc(CCl)n1CCOCC(F)(F)F. The molecule has 4 nitrogen and oxygen atoms in total. The van der Waals surface area contributed by atoms with Gasteiger partial charge in [0.15, 0.2) is 0 Å². The van der Waals surface area contributed by atoms with E-state index in [1.165, 1.54) is 4.57 Å². The van der Waals surface area contributed by atoms with E-state index in [1.54, 1.807) is 24.3 Å². The molecule has 0 aliphatic rings. The van der Waals surface area contributed by atoms with Crippen molar-refractivity contribution >= 4 is 22.5 Å². The van der Waals surface area contributed by atoms with Gasteiger partial charge in [-0.3, -0.25) is 9.36 Å². The Hall–Kier alpha value is -1.60. The van der Waals surface area contributed by atoms with E-state index in [9.17, 15) is 18.0 Å². The van der Waals surface area contributed by atoms with Crippen molar-refractivity contribution in [1.29, 1.82) is 0 Å². The molecule has 0 unspecified atom stereocenters. The number of benzene rings is 1. The highest BCUT2D eigenvalue weighted by atomic mass is 35.5. The minimum atomic E-state index is -4.39. The number of rotatable bonds is 5. The number of alkyl halides is 4. The summed E-state index contributed by atoms with van der Waals surface area (Å²) in [4.78, 5) is 16.5. The van der Waals surface area contributed by atoms with Crippen molar-refractivity contribution in [2.75, 3.05) is 13.2 Å². The predicted molar refractivity (Wildman–Crippen MR) is 72.4 cm³/mol. The number of para-hydroxylation sites is 1. The van der Waals surface area contributed by atoms with Gasteiger partial charge < -0.3 is 4.74 Å². The Labute approximate surface area is 123 Å². The molecule has 21 heavy (non-hydrogen) atoms. The van der Waals surface area contributed by atoms with E-state index >= 15 is 0 Å². The molecule has 8 heteroatoms. The molecule has 0 fully saturated rings. The summed E-state index contributed by atoms with van der Waals surface area (Å²) in [6.07, 6.45) is -4.39. The van der Waals surface area contributed by atoms with Gasteiger partial charge >= 0.3 is 6.18 Å². The lowest BCUT2D eigenvalue weighted by molar-refractivity contribution is -0.174. The average molecular weight is 321 g/mol. The second-order valence-electron chi connectivity index (χ2n) is 4.30. The Kier molecular flexibility index (Phi) is 4.84. The van der Waals surface area contributed by atoms with Gasteiger partial charge in [0.25, 0.3) is 5.56 Å². The minimum Gasteiger partial charge on any atom is -0.370 e. The first-order valence-electron chi connectivity index (χ1n) is 6.11. The lowest BCUT2D eigenvalue weighted by atomic mass is 10.2. The van der Waals surface area contributed by atoms with Crippen LogP contribution in [0.4, 0.5) is 13.2 Å². The van der Waals surface area contributed by atoms with E-state index in [2.05, 4.69) is 9.72 Å². The minimum absolute atomic E-state index is 0.0145. The largest absolute Gasteiger partial charge is 0.411 e. The summed E-state index contributed by atoms with van der Waals surface area (Å²) in [5, 5.41) is 0.391. The Morgan fingerprint density at radius 1 is 1.29 bits per heavy atom. The van der Waals surface area contributed by atoms with Crippen LogP contribution in [0.15, 0.2) is 29.1 Å². The van der Waals surface area contributed by atoms with Gasteiger partial charge in [0, 0.05) is 0 Å². The molecule has 0 amide bonds. The third-order valence-corrected chi connectivity index (χ3v) is 3.02. The van der Waals surface area contributed by atoms with Crippen LogP contribution >= 0.6 is 11.6 Å². The average Bonchev–Trinajstić information content (AvgIpc) is 2.44. The summed E-state index contributed by atoms with van der Waals surface area (Å²) >= 11 is 5.75. The third-order valence-electron chi connectivity index (χ3n) is 2.79. The highest BCUT2D eigenvalue weighted by Crippen LogP contribution is 2.14. The third kappa shape index (κ3) is 3.95. The molecule has 2 aromatic rings. The van der Waals surface area contributed by atoms with E-state index in [0.717, 1.165) is 0 Å². The van der Waals surface area contributed by atoms with Crippen LogP contribution in [0.5, 0.6) is 0 Å². The molecule has 0 aliphatic carbocycles. The summed E-state index contributed by atoms with van der Waals surface area (Å²) in [5.41, 5.74) is 0.164. The Bertz CT molecular complexity index is 685. The van der Waals surface area contributed by atoms with Gasteiger partial charge in [-0.2, -0.15) is 13.2 Å². The molecule has 1 aromatic carbocycles. The van der Waals surface area contributed by atoms with Gasteiger partial charge in [-0.05, 0) is 12.1 Å². The molecular formula is C13H12ClF3N2O2. The molecule has 2 rings (SSSR count). The van der Waals surface area contributed by atoms with Crippen molar-refractivity contribution in [3.8, 4) is 0 Å². The zero-order chi connectivity index (χ0) is 15.5. The number of aromatic nitrogens is 2. The first-order valence-corrected chi connectivity index (χ1v) is 6.65. The summed E-state index contributed by atoms with van der Waals surface area (Å²) in [6, 6.07) is 6.72. The fourth-order valence-corrected chi connectivity index (χ4v) is 2.09. The van der Waals surface area contributed by atoms with Crippen LogP contribution in [-0.4, -0.2) is 28.9 Å². The molecular weight excluding hydrogens is 309 g/mol. The van der Waals surface area contributed by atoms with Crippen molar-refractivity contribution < 1.29 is 17.9 Å². The van der Waals surface area contributed by atoms with Crippen LogP contribution in [0.25, 0.3) is 10.9 Å². The standard InChI is InChI=1S/C13H12ClF3N2O2/c14-7-11-18-10-4-2-1-3-9(10)12(20)19(11)5-6-21-8-13(15,16)17/h1-4H,5-8H2. The van der Waals surface area contributed by atoms with Crippen LogP contribution in [0.1, 0.15) is 5.82 Å². The quantitative estimate of drug-likeness (QED) is 0.628. The Morgan fingerprint density at radius 3 is 2.67 bits per heavy atom. The molecule has 0 saturated carbocycles. The van der Waals surface area contributed by atoms with Gasteiger partial charge in [0.1, 0.15) is 12.4 Å². The highest BCUT2D eigenvalue weighted by Gasteiger charge is 2.27. The number of hydrogen-bond acceptors (Lipinski definition) is 3. The summed E-state index contributed by atoms with van der Waals surface area (Å²) in [6.45, 7) is -1.63. The number of fused-ring (bicyclic) bond motifs is 1. The maximum absolute atomic E-state index is 12.3. The van der Waals surface area contributed by atoms with E-state index < -0.39 is 12.8 Å². The van der Waals surface area contributed by atoms with Crippen molar-refractivity contribution in [3.05, 3.63) is 40.4 Å². The Morgan fingerprint density at radius 2 is 2.00 bits per heavy atom. The molecule has 1 aromatic heterocycles. The number of hydrogen-bond donors (Lipinski definition) is 0. The van der Waals surface area contributed by atoms with E-state index in [4.69, 9.17) is 11.6 Å². The summed E-state index contributed by atoms with van der Waals surface area (Å²) in [7, 11) is 0. The number of halogens is 4. The van der Waals surface area contributed by atoms with Crippen LogP contribution in [-0.2, 0) is 17.2 Å². The van der Waals surface area contributed by atoms with Gasteiger partial charge in [0.2, 0.25) is 0 Å². The monoisotopic (exact) mass is 320 g/mol. The van der Waals surface area contributed by atoms with Crippen molar-refractivity contribution in [1.82, 2.24) is 9.55 Å². The molecule has 0 aliphatic heterocycles. The smallest absolute Gasteiger partial charge is 0.370 e. The van der Waals surface area contributed by atoms with Gasteiger partial charge in [-0.1, -0.05) is 12.1 Å². The molecule has 0 N–H and O–H groups in total. The lowest BCUT2D eigenvalue weighted by Gasteiger charge is -2.12. The fraction of sp³-hybridized carbons (Fsp3) is 0.385. The van der Waals surface area contributed by atoms with Crippen molar-refractivity contribution in [3.63, 3.8) is 0 Å². The maximum Gasteiger partial charge on any atom is 0.411 e. The summed E-state index contributed by atoms with van der Waals surface area (Å²) in [5.74, 6) is 0.287. The first kappa shape index (κ1) is 15.8. The van der Waals surface area contributed by atoms with Gasteiger partial charge in [-0.25, -0.2) is 4.98 Å². The fourth-order valence-electron chi connectivity index (χ4n) is 1.89. The molecule has 0 atom stereocenters. The van der Waals surface area contributed by atoms with Gasteiger partial charge in [0.05, 0.1) is 29.9 Å². The van der Waals surface area contributed by atoms with Crippen LogP contribution in [0.3, 0.4) is 0 Å². The second-order valence-corrected chi connectivity index (χ2v) is 4.57. The van der Waals surface area contributed by atoms with Gasteiger partial charge in [-0.15, -0.1) is 11.6 Å². The van der Waals surface area contributed by atoms with Crippen LogP contribution < -0.4 is 5.56 Å². The highest BCUT2D eigenvalue weighted by molar-refractivity contribution is 6.16. The normalized spacial score (nSPS) is 12.0. The Balaban J connectivity index is 2.22. The summed E-state index contributed by atoms with van der Waals surface area (Å²) < 4.78 is 41.7. The van der Waals surface area contributed by atoms with Crippen molar-refractivity contribution in [2.45, 2.75) is 18.6 Å². The molecule has 0 spiro atoms. The lowest BCUT2D eigenvalue weighted by Crippen LogP contribution is -2.28. The zero-order valence-electron chi connectivity index (χ0n) is 10.9.